The van der Waals surface area contributed by atoms with E-state index in [0.29, 0.717) is 22.9 Å². The SMILES string of the molecule is C[C@H]1Cc2ccccc2N1S(=O)(=O)c1cccc(C(=O)Nc2nc(-c3cccnc3)cs2)c1. The van der Waals surface area contributed by atoms with Crippen molar-refractivity contribution in [3.63, 3.8) is 0 Å². The van der Waals surface area contributed by atoms with Crippen molar-refractivity contribution in [1.29, 1.82) is 0 Å². The molecule has 0 saturated carbocycles. The van der Waals surface area contributed by atoms with Gasteiger partial charge in [-0.2, -0.15) is 0 Å². The van der Waals surface area contributed by atoms with E-state index < -0.39 is 15.9 Å². The van der Waals surface area contributed by atoms with Crippen LogP contribution in [0.2, 0.25) is 0 Å². The van der Waals surface area contributed by atoms with Crippen LogP contribution in [0.4, 0.5) is 10.8 Å². The molecule has 0 saturated heterocycles. The Morgan fingerprint density at radius 1 is 1.12 bits per heavy atom. The first-order valence-corrected chi connectivity index (χ1v) is 12.6. The predicted molar refractivity (Wildman–Crippen MR) is 129 cm³/mol. The Kier molecular flexibility index (Phi) is 5.43. The number of benzene rings is 2. The highest BCUT2D eigenvalue weighted by Gasteiger charge is 2.36. The minimum Gasteiger partial charge on any atom is -0.298 e. The lowest BCUT2D eigenvalue weighted by molar-refractivity contribution is 0.102. The molecule has 1 N–H and O–H groups in total. The molecule has 7 nitrogen and oxygen atoms in total. The van der Waals surface area contributed by atoms with E-state index in [0.717, 1.165) is 11.1 Å². The molecule has 2 aromatic heterocycles. The summed E-state index contributed by atoms with van der Waals surface area (Å²) in [5.41, 5.74) is 3.49. The first-order chi connectivity index (χ1) is 15.9. The molecule has 0 aliphatic carbocycles. The second-order valence-electron chi connectivity index (χ2n) is 7.74. The number of carbonyl (C=O) groups is 1. The topological polar surface area (TPSA) is 92.3 Å². The lowest BCUT2D eigenvalue weighted by Gasteiger charge is -2.24. The summed E-state index contributed by atoms with van der Waals surface area (Å²) in [4.78, 5) is 21.5. The lowest BCUT2D eigenvalue weighted by atomic mass is 10.1. The number of carbonyl (C=O) groups excluding carboxylic acids is 1. The Labute approximate surface area is 195 Å². The fourth-order valence-corrected chi connectivity index (χ4v) is 6.42. The number of hydrogen-bond donors (Lipinski definition) is 1. The predicted octanol–water partition coefficient (Wildman–Crippen LogP) is 4.60. The lowest BCUT2D eigenvalue weighted by Crippen LogP contribution is -2.35. The second-order valence-corrected chi connectivity index (χ2v) is 10.4. The molecule has 1 aliphatic heterocycles. The molecule has 0 bridgehead atoms. The zero-order valence-corrected chi connectivity index (χ0v) is 19.3. The maximum atomic E-state index is 13.5. The zero-order chi connectivity index (χ0) is 23.0. The normalized spacial score (nSPS) is 15.3. The molecule has 166 valence electrons. The van der Waals surface area contributed by atoms with Crippen LogP contribution in [-0.2, 0) is 16.4 Å². The molecular weight excluding hydrogens is 456 g/mol. The van der Waals surface area contributed by atoms with E-state index in [-0.39, 0.29) is 16.5 Å². The van der Waals surface area contributed by atoms with Crippen molar-refractivity contribution >= 4 is 38.1 Å². The average Bonchev–Trinajstić information content (AvgIpc) is 3.43. The fourth-order valence-electron chi connectivity index (χ4n) is 3.96. The Bertz CT molecular complexity index is 1430. The van der Waals surface area contributed by atoms with E-state index in [2.05, 4.69) is 15.3 Å². The first kappa shape index (κ1) is 21.3. The summed E-state index contributed by atoms with van der Waals surface area (Å²) in [6.07, 6.45) is 4.03. The second kappa shape index (κ2) is 8.42. The molecule has 0 radical (unpaired) electrons. The molecule has 3 heterocycles. The van der Waals surface area contributed by atoms with Gasteiger partial charge in [-0.05, 0) is 55.3 Å². The summed E-state index contributed by atoms with van der Waals surface area (Å²) in [6.45, 7) is 1.89. The van der Waals surface area contributed by atoms with Crippen LogP contribution in [0.5, 0.6) is 0 Å². The van der Waals surface area contributed by atoms with Crippen molar-refractivity contribution in [2.75, 3.05) is 9.62 Å². The number of thiazole rings is 1. The molecule has 1 amide bonds. The first-order valence-electron chi connectivity index (χ1n) is 10.3. The third-order valence-electron chi connectivity index (χ3n) is 5.48. The fraction of sp³-hybridized carbons (Fsp3) is 0.125. The number of aromatic nitrogens is 2. The Morgan fingerprint density at radius 2 is 1.97 bits per heavy atom. The standard InChI is InChI=1S/C24H20N4O3S2/c1-16-12-17-6-2-3-10-22(17)28(16)33(30,31)20-9-4-7-18(13-20)23(29)27-24-26-21(15-32-24)19-8-5-11-25-14-19/h2-11,13-16H,12H2,1H3,(H,26,27,29)/t16-/m0/s1. The highest BCUT2D eigenvalue weighted by molar-refractivity contribution is 7.92. The average molecular weight is 477 g/mol. The monoisotopic (exact) mass is 476 g/mol. The minimum atomic E-state index is -3.83. The van der Waals surface area contributed by atoms with Crippen LogP contribution < -0.4 is 9.62 Å². The van der Waals surface area contributed by atoms with Gasteiger partial charge >= 0.3 is 0 Å². The quantitative estimate of drug-likeness (QED) is 0.455. The summed E-state index contributed by atoms with van der Waals surface area (Å²) in [7, 11) is -3.83. The molecule has 33 heavy (non-hydrogen) atoms. The van der Waals surface area contributed by atoms with Crippen LogP contribution in [0.3, 0.4) is 0 Å². The van der Waals surface area contributed by atoms with Gasteiger partial charge in [0.15, 0.2) is 5.13 Å². The summed E-state index contributed by atoms with van der Waals surface area (Å²) in [6, 6.07) is 17.1. The van der Waals surface area contributed by atoms with Gasteiger partial charge in [-0.15, -0.1) is 11.3 Å². The van der Waals surface area contributed by atoms with E-state index in [1.807, 2.05) is 48.7 Å². The van der Waals surface area contributed by atoms with Crippen LogP contribution in [-0.4, -0.2) is 30.3 Å². The molecule has 0 spiro atoms. The highest BCUT2D eigenvalue weighted by atomic mass is 32.2. The van der Waals surface area contributed by atoms with Gasteiger partial charge in [0.2, 0.25) is 0 Å². The molecule has 0 fully saturated rings. The molecule has 1 aliphatic rings. The van der Waals surface area contributed by atoms with E-state index in [4.69, 9.17) is 0 Å². The maximum absolute atomic E-state index is 13.5. The van der Waals surface area contributed by atoms with Gasteiger partial charge < -0.3 is 0 Å². The van der Waals surface area contributed by atoms with Crippen molar-refractivity contribution in [3.05, 3.63) is 89.6 Å². The number of amides is 1. The van der Waals surface area contributed by atoms with Gasteiger partial charge in [-0.1, -0.05) is 24.3 Å². The molecule has 9 heteroatoms. The van der Waals surface area contributed by atoms with Gasteiger partial charge in [0, 0.05) is 34.9 Å². The van der Waals surface area contributed by atoms with E-state index in [1.165, 1.54) is 27.8 Å². The molecule has 1 atom stereocenters. The number of sulfonamides is 1. The maximum Gasteiger partial charge on any atom is 0.264 e. The van der Waals surface area contributed by atoms with Crippen LogP contribution in [0.25, 0.3) is 11.3 Å². The van der Waals surface area contributed by atoms with Crippen molar-refractivity contribution < 1.29 is 13.2 Å². The number of pyridine rings is 1. The van der Waals surface area contributed by atoms with Crippen LogP contribution in [0.15, 0.2) is 83.3 Å². The van der Waals surface area contributed by atoms with E-state index in [1.54, 1.807) is 24.5 Å². The number of para-hydroxylation sites is 1. The van der Waals surface area contributed by atoms with Gasteiger partial charge in [-0.25, -0.2) is 13.4 Å². The molecular formula is C24H20N4O3S2. The van der Waals surface area contributed by atoms with E-state index in [9.17, 15) is 13.2 Å². The van der Waals surface area contributed by atoms with E-state index >= 15 is 0 Å². The van der Waals surface area contributed by atoms with Crippen LogP contribution >= 0.6 is 11.3 Å². The van der Waals surface area contributed by atoms with Crippen molar-refractivity contribution in [1.82, 2.24) is 9.97 Å². The van der Waals surface area contributed by atoms with Gasteiger partial charge in [-0.3, -0.25) is 19.4 Å². The smallest absolute Gasteiger partial charge is 0.264 e. The van der Waals surface area contributed by atoms with Gasteiger partial charge in [0.05, 0.1) is 16.3 Å². The largest absolute Gasteiger partial charge is 0.298 e. The number of anilines is 2. The zero-order valence-electron chi connectivity index (χ0n) is 17.7. The Balaban J connectivity index is 1.39. The number of nitrogens with one attached hydrogen (secondary N) is 1. The Hall–Kier alpha value is -3.56. The molecule has 2 aromatic carbocycles. The van der Waals surface area contributed by atoms with Gasteiger partial charge in [0.25, 0.3) is 15.9 Å². The third kappa shape index (κ3) is 4.01. The number of rotatable bonds is 5. The Morgan fingerprint density at radius 3 is 2.79 bits per heavy atom. The summed E-state index contributed by atoms with van der Waals surface area (Å²) >= 11 is 1.29. The van der Waals surface area contributed by atoms with Gasteiger partial charge in [0.1, 0.15) is 0 Å². The van der Waals surface area contributed by atoms with Crippen molar-refractivity contribution in [3.8, 4) is 11.3 Å². The number of nitrogens with zero attached hydrogens (tertiary/aromatic N) is 3. The molecule has 5 rings (SSSR count). The van der Waals surface area contributed by atoms with Crippen LogP contribution in [0, 0.1) is 0 Å². The van der Waals surface area contributed by atoms with Crippen LogP contribution in [0.1, 0.15) is 22.8 Å². The summed E-state index contributed by atoms with van der Waals surface area (Å²) in [5, 5.41) is 5.02. The number of fused-ring (bicyclic) bond motifs is 1. The van der Waals surface area contributed by atoms with Crippen molar-refractivity contribution in [2.45, 2.75) is 24.3 Å². The molecule has 4 aromatic rings. The summed E-state index contributed by atoms with van der Waals surface area (Å²) in [5.74, 6) is -0.422. The highest BCUT2D eigenvalue weighted by Crippen LogP contribution is 2.36. The minimum absolute atomic E-state index is 0.0777. The third-order valence-corrected chi connectivity index (χ3v) is 8.16. The molecule has 0 unspecified atom stereocenters. The van der Waals surface area contributed by atoms with Crippen molar-refractivity contribution in [2.24, 2.45) is 0 Å². The number of hydrogen-bond acceptors (Lipinski definition) is 6. The summed E-state index contributed by atoms with van der Waals surface area (Å²) < 4.78 is 28.4.